The molecule has 0 atom stereocenters. The van der Waals surface area contributed by atoms with Crippen LogP contribution in [0.2, 0.25) is 0 Å². The Labute approximate surface area is 155 Å². The first kappa shape index (κ1) is 20.2. The van der Waals surface area contributed by atoms with E-state index < -0.39 is 11.2 Å². The van der Waals surface area contributed by atoms with Gasteiger partial charge in [0.25, 0.3) is 5.56 Å². The summed E-state index contributed by atoms with van der Waals surface area (Å²) in [5.41, 5.74) is 0.153. The second-order valence-corrected chi connectivity index (χ2v) is 6.79. The Morgan fingerprint density at radius 1 is 1.23 bits per heavy atom. The van der Waals surface area contributed by atoms with Crippen molar-refractivity contribution in [2.75, 3.05) is 26.0 Å². The highest BCUT2D eigenvalue weighted by atomic mass is 32.2. The van der Waals surface area contributed by atoms with E-state index in [4.69, 9.17) is 4.74 Å². The SMILES string of the molecule is CCN(CC)C(=O)CSc1c(COC)cnc2c1c(=O)n(C)c(=O)n2C. The van der Waals surface area contributed by atoms with Gasteiger partial charge in [-0.05, 0) is 13.8 Å². The number of pyridine rings is 1. The van der Waals surface area contributed by atoms with E-state index in [1.54, 1.807) is 25.3 Å². The molecule has 0 aliphatic heterocycles. The van der Waals surface area contributed by atoms with Crippen LogP contribution in [-0.2, 0) is 30.2 Å². The minimum Gasteiger partial charge on any atom is -0.380 e. The molecule has 9 heteroatoms. The highest BCUT2D eigenvalue weighted by Crippen LogP contribution is 2.28. The lowest BCUT2D eigenvalue weighted by molar-refractivity contribution is -0.127. The predicted octanol–water partition coefficient (Wildman–Crippen LogP) is 0.739. The van der Waals surface area contributed by atoms with Gasteiger partial charge in [-0.15, -0.1) is 11.8 Å². The summed E-state index contributed by atoms with van der Waals surface area (Å²) in [5.74, 6) is 0.193. The van der Waals surface area contributed by atoms with E-state index in [2.05, 4.69) is 4.98 Å². The van der Waals surface area contributed by atoms with Gasteiger partial charge in [0, 0.05) is 51.0 Å². The van der Waals surface area contributed by atoms with Gasteiger partial charge in [-0.2, -0.15) is 0 Å². The van der Waals surface area contributed by atoms with Crippen LogP contribution in [-0.4, -0.2) is 50.9 Å². The number of carbonyl (C=O) groups excluding carboxylic acids is 1. The van der Waals surface area contributed by atoms with Crippen molar-refractivity contribution in [2.45, 2.75) is 25.3 Å². The number of methoxy groups -OCH3 is 1. The molecule has 1 amide bonds. The second kappa shape index (κ2) is 8.50. The summed E-state index contributed by atoms with van der Waals surface area (Å²) in [5, 5.41) is 0.335. The van der Waals surface area contributed by atoms with Crippen LogP contribution in [0.4, 0.5) is 0 Å². The lowest BCUT2D eigenvalue weighted by Crippen LogP contribution is -2.37. The van der Waals surface area contributed by atoms with Crippen LogP contribution in [0.25, 0.3) is 11.0 Å². The molecule has 0 fully saturated rings. The molecule has 2 heterocycles. The van der Waals surface area contributed by atoms with Gasteiger partial charge in [-0.25, -0.2) is 9.78 Å². The smallest absolute Gasteiger partial charge is 0.332 e. The van der Waals surface area contributed by atoms with Crippen LogP contribution in [0.5, 0.6) is 0 Å². The molecule has 0 aliphatic carbocycles. The molecule has 0 spiro atoms. The summed E-state index contributed by atoms with van der Waals surface area (Å²) in [4.78, 5) is 43.9. The van der Waals surface area contributed by atoms with Crippen molar-refractivity contribution in [1.29, 1.82) is 0 Å². The zero-order chi connectivity index (χ0) is 19.4. The maximum atomic E-state index is 12.7. The van der Waals surface area contributed by atoms with Gasteiger partial charge in [0.2, 0.25) is 5.91 Å². The zero-order valence-corrected chi connectivity index (χ0v) is 16.6. The summed E-state index contributed by atoms with van der Waals surface area (Å²) >= 11 is 1.28. The summed E-state index contributed by atoms with van der Waals surface area (Å²) in [6.07, 6.45) is 1.59. The fourth-order valence-corrected chi connectivity index (χ4v) is 3.84. The first-order chi connectivity index (χ1) is 12.4. The number of nitrogens with zero attached hydrogens (tertiary/aromatic N) is 4. The van der Waals surface area contributed by atoms with Crippen molar-refractivity contribution in [1.82, 2.24) is 19.0 Å². The van der Waals surface area contributed by atoms with E-state index in [9.17, 15) is 14.4 Å². The molecule has 0 bridgehead atoms. The molecule has 8 nitrogen and oxygen atoms in total. The number of hydrogen-bond donors (Lipinski definition) is 0. The lowest BCUT2D eigenvalue weighted by atomic mass is 10.2. The van der Waals surface area contributed by atoms with Gasteiger partial charge in [0.1, 0.15) is 5.65 Å². The molecule has 0 aromatic carbocycles. The van der Waals surface area contributed by atoms with Crippen LogP contribution in [0.3, 0.4) is 0 Å². The van der Waals surface area contributed by atoms with Crippen molar-refractivity contribution in [3.8, 4) is 0 Å². The molecule has 0 saturated heterocycles. The Morgan fingerprint density at radius 2 is 1.88 bits per heavy atom. The van der Waals surface area contributed by atoms with E-state index in [1.807, 2.05) is 13.8 Å². The Hall–Kier alpha value is -2.13. The maximum absolute atomic E-state index is 12.7. The fourth-order valence-electron chi connectivity index (χ4n) is 2.77. The van der Waals surface area contributed by atoms with E-state index in [-0.39, 0.29) is 18.3 Å². The molecule has 0 unspecified atom stereocenters. The molecular formula is C17H24N4O4S. The summed E-state index contributed by atoms with van der Waals surface area (Å²) in [7, 11) is 4.56. The van der Waals surface area contributed by atoms with Crippen molar-refractivity contribution in [3.63, 3.8) is 0 Å². The number of carbonyl (C=O) groups is 1. The topological polar surface area (TPSA) is 86.4 Å². The monoisotopic (exact) mass is 380 g/mol. The Morgan fingerprint density at radius 3 is 2.46 bits per heavy atom. The Kier molecular flexibility index (Phi) is 6.60. The average Bonchev–Trinajstić information content (AvgIpc) is 2.64. The molecule has 0 N–H and O–H groups in total. The molecule has 2 rings (SSSR count). The van der Waals surface area contributed by atoms with Crippen LogP contribution in [0.1, 0.15) is 19.4 Å². The van der Waals surface area contributed by atoms with E-state index in [0.717, 1.165) is 4.57 Å². The summed E-state index contributed by atoms with van der Waals surface area (Å²) < 4.78 is 7.60. The molecule has 0 radical (unpaired) electrons. The number of fused-ring (bicyclic) bond motifs is 1. The van der Waals surface area contributed by atoms with Gasteiger partial charge >= 0.3 is 5.69 Å². The van der Waals surface area contributed by atoms with Crippen molar-refractivity contribution in [3.05, 3.63) is 32.6 Å². The lowest BCUT2D eigenvalue weighted by Gasteiger charge is -2.19. The number of ether oxygens (including phenoxy) is 1. The molecule has 0 saturated carbocycles. The van der Waals surface area contributed by atoms with Crippen LogP contribution < -0.4 is 11.2 Å². The Balaban J connectivity index is 2.61. The number of aromatic nitrogens is 3. The fraction of sp³-hybridized carbons (Fsp3) is 0.529. The predicted molar refractivity (Wildman–Crippen MR) is 102 cm³/mol. The van der Waals surface area contributed by atoms with Crippen LogP contribution in [0, 0.1) is 0 Å². The molecular weight excluding hydrogens is 356 g/mol. The number of hydrogen-bond acceptors (Lipinski definition) is 6. The first-order valence-electron chi connectivity index (χ1n) is 8.34. The summed E-state index contributed by atoms with van der Waals surface area (Å²) in [6, 6.07) is 0. The van der Waals surface area contributed by atoms with E-state index >= 15 is 0 Å². The van der Waals surface area contributed by atoms with Gasteiger partial charge in [-0.1, -0.05) is 0 Å². The van der Waals surface area contributed by atoms with E-state index in [1.165, 1.54) is 23.4 Å². The highest BCUT2D eigenvalue weighted by molar-refractivity contribution is 8.00. The van der Waals surface area contributed by atoms with Gasteiger partial charge in [-0.3, -0.25) is 18.7 Å². The first-order valence-corrected chi connectivity index (χ1v) is 9.32. The molecule has 26 heavy (non-hydrogen) atoms. The number of aryl methyl sites for hydroxylation is 1. The quantitative estimate of drug-likeness (QED) is 0.659. The van der Waals surface area contributed by atoms with Crippen molar-refractivity contribution in [2.24, 2.45) is 14.1 Å². The molecule has 0 aliphatic rings. The van der Waals surface area contributed by atoms with Crippen molar-refractivity contribution >= 4 is 28.7 Å². The average molecular weight is 380 g/mol. The van der Waals surface area contributed by atoms with Gasteiger partial charge in [0.05, 0.1) is 17.7 Å². The minimum absolute atomic E-state index is 0.00465. The maximum Gasteiger partial charge on any atom is 0.332 e. The number of thioether (sulfide) groups is 1. The molecule has 142 valence electrons. The summed E-state index contributed by atoms with van der Waals surface area (Å²) in [6.45, 7) is 5.38. The van der Waals surface area contributed by atoms with Crippen LogP contribution >= 0.6 is 11.8 Å². The Bertz CT molecular complexity index is 931. The third-order valence-corrected chi connectivity index (χ3v) is 5.40. The largest absolute Gasteiger partial charge is 0.380 e. The normalized spacial score (nSPS) is 11.1. The highest BCUT2D eigenvalue weighted by Gasteiger charge is 2.19. The number of rotatable bonds is 7. The standard InChI is InChI=1S/C17H24N4O4S/c1-6-21(7-2)12(22)10-26-14-11(9-25-5)8-18-15-13(14)16(23)20(4)17(24)19(15)3/h8H,6-7,9-10H2,1-5H3. The van der Waals surface area contributed by atoms with Gasteiger partial charge < -0.3 is 9.64 Å². The number of amides is 1. The molecule has 2 aromatic rings. The third kappa shape index (κ3) is 3.68. The van der Waals surface area contributed by atoms with Gasteiger partial charge in [0.15, 0.2) is 0 Å². The van der Waals surface area contributed by atoms with Crippen molar-refractivity contribution < 1.29 is 9.53 Å². The molecule has 2 aromatic heterocycles. The minimum atomic E-state index is -0.440. The third-order valence-electron chi connectivity index (χ3n) is 4.25. The van der Waals surface area contributed by atoms with E-state index in [0.29, 0.717) is 34.6 Å². The second-order valence-electron chi connectivity index (χ2n) is 5.80. The zero-order valence-electron chi connectivity index (χ0n) is 15.7. The van der Waals surface area contributed by atoms with Crippen LogP contribution in [0.15, 0.2) is 20.7 Å².